The predicted molar refractivity (Wildman–Crippen MR) is 194 cm³/mol. The minimum atomic E-state index is -0.0785. The zero-order chi connectivity index (χ0) is 32.8. The summed E-state index contributed by atoms with van der Waals surface area (Å²) in [6.07, 6.45) is 3.03. The van der Waals surface area contributed by atoms with Gasteiger partial charge in [0.25, 0.3) is 0 Å². The van der Waals surface area contributed by atoms with Gasteiger partial charge < -0.3 is 14.2 Å². The lowest BCUT2D eigenvalue weighted by atomic mass is 9.84. The van der Waals surface area contributed by atoms with E-state index >= 15 is 0 Å². The molecule has 4 heteroatoms. The topological polar surface area (TPSA) is 30.9 Å². The quantitative estimate of drug-likeness (QED) is 0.108. The highest BCUT2D eigenvalue weighted by Crippen LogP contribution is 2.36. The van der Waals surface area contributed by atoms with E-state index in [1.165, 1.54) is 27.8 Å². The maximum Gasteiger partial charge on any atom is 0.108 e. The molecule has 1 heterocycles. The van der Waals surface area contributed by atoms with Crippen LogP contribution < -0.4 is 0 Å². The zero-order valence-corrected chi connectivity index (χ0v) is 28.1. The fourth-order valence-electron chi connectivity index (χ4n) is 7.03. The molecule has 0 radical (unpaired) electrons. The third-order valence-corrected chi connectivity index (χ3v) is 9.72. The fourth-order valence-corrected chi connectivity index (χ4v) is 7.03. The normalized spacial score (nSPS) is 18.0. The van der Waals surface area contributed by atoms with Crippen LogP contribution in [0.15, 0.2) is 152 Å². The van der Waals surface area contributed by atoms with E-state index in [1.54, 1.807) is 0 Å². The molecule has 0 spiro atoms. The third-order valence-electron chi connectivity index (χ3n) is 9.72. The number of hydrogen-bond acceptors (Lipinski definition) is 4. The summed E-state index contributed by atoms with van der Waals surface area (Å²) in [6.45, 7) is 5.74. The molecule has 1 aliphatic heterocycles. The van der Waals surface area contributed by atoms with Crippen molar-refractivity contribution in [3.05, 3.63) is 179 Å². The van der Waals surface area contributed by atoms with Crippen LogP contribution in [0.5, 0.6) is 0 Å². The molecule has 0 saturated carbocycles. The van der Waals surface area contributed by atoms with Crippen LogP contribution in [0.2, 0.25) is 0 Å². The molecular formula is C44H49NO3. The van der Waals surface area contributed by atoms with Gasteiger partial charge in [0, 0.05) is 18.7 Å². The highest BCUT2D eigenvalue weighted by molar-refractivity contribution is 5.30. The largest absolute Gasteiger partial charge is 0.374 e. The van der Waals surface area contributed by atoms with Crippen molar-refractivity contribution in [3.8, 4) is 0 Å². The molecule has 0 N–H and O–H groups in total. The maximum atomic E-state index is 6.83. The van der Waals surface area contributed by atoms with E-state index in [0.717, 1.165) is 25.8 Å². The fraction of sp³-hybridized carbons (Fsp3) is 0.318. The molecule has 6 rings (SSSR count). The number of likely N-dealkylation sites (tertiary alicyclic amines) is 1. The Labute approximate surface area is 287 Å². The summed E-state index contributed by atoms with van der Waals surface area (Å²) in [6, 6.07) is 53.5. The van der Waals surface area contributed by atoms with Gasteiger partial charge in [0.05, 0.1) is 25.9 Å². The Kier molecular flexibility index (Phi) is 12.6. The van der Waals surface area contributed by atoms with Gasteiger partial charge in [-0.25, -0.2) is 0 Å². The number of hydrogen-bond donors (Lipinski definition) is 0. The Bertz CT molecular complexity index is 1540. The number of rotatable bonds is 16. The van der Waals surface area contributed by atoms with Crippen molar-refractivity contribution in [2.24, 2.45) is 5.92 Å². The number of ether oxygens (including phenoxy) is 3. The van der Waals surface area contributed by atoms with Crippen LogP contribution in [0.3, 0.4) is 0 Å². The average Bonchev–Trinajstić information content (AvgIpc) is 3.16. The Morgan fingerprint density at radius 3 is 1.67 bits per heavy atom. The van der Waals surface area contributed by atoms with Crippen LogP contribution in [0, 0.1) is 5.92 Å². The second-order valence-electron chi connectivity index (χ2n) is 13.0. The highest BCUT2D eigenvalue weighted by Gasteiger charge is 2.37. The number of benzene rings is 5. The first-order valence-corrected chi connectivity index (χ1v) is 17.5. The summed E-state index contributed by atoms with van der Waals surface area (Å²) in [5, 5.41) is 0. The Morgan fingerprint density at radius 1 is 0.604 bits per heavy atom. The maximum absolute atomic E-state index is 6.83. The van der Waals surface area contributed by atoms with Crippen LogP contribution in [-0.4, -0.2) is 36.8 Å². The minimum absolute atomic E-state index is 0.0743. The SMILES string of the molecule is C[C@@H](c1ccccc1)N1CC[C@H](CCOC(c2ccccc2)c2ccccc2)C[C@@H]1[C@@H](COCc1ccccc1)OCc1ccccc1. The Hall–Kier alpha value is -4.06. The molecule has 1 aliphatic rings. The molecule has 1 fully saturated rings. The van der Waals surface area contributed by atoms with Crippen molar-refractivity contribution in [2.75, 3.05) is 19.8 Å². The molecule has 48 heavy (non-hydrogen) atoms. The van der Waals surface area contributed by atoms with Crippen molar-refractivity contribution in [3.63, 3.8) is 0 Å². The lowest BCUT2D eigenvalue weighted by Gasteiger charge is -2.46. The molecule has 0 aromatic heterocycles. The summed E-state index contributed by atoms with van der Waals surface area (Å²) >= 11 is 0. The first-order valence-electron chi connectivity index (χ1n) is 17.5. The van der Waals surface area contributed by atoms with Crippen LogP contribution in [0.1, 0.15) is 66.1 Å². The van der Waals surface area contributed by atoms with Gasteiger partial charge in [-0.05, 0) is 66.5 Å². The number of nitrogens with zero attached hydrogens (tertiary/aromatic N) is 1. The van der Waals surface area contributed by atoms with Crippen molar-refractivity contribution in [1.82, 2.24) is 4.90 Å². The summed E-state index contributed by atoms with van der Waals surface area (Å²) in [5.41, 5.74) is 6.08. The second kappa shape index (κ2) is 17.9. The van der Waals surface area contributed by atoms with E-state index in [0.29, 0.717) is 32.3 Å². The summed E-state index contributed by atoms with van der Waals surface area (Å²) < 4.78 is 20.0. The van der Waals surface area contributed by atoms with E-state index in [9.17, 15) is 0 Å². The van der Waals surface area contributed by atoms with Gasteiger partial charge in [0.1, 0.15) is 6.10 Å². The highest BCUT2D eigenvalue weighted by atomic mass is 16.5. The van der Waals surface area contributed by atoms with Crippen molar-refractivity contribution in [1.29, 1.82) is 0 Å². The van der Waals surface area contributed by atoms with E-state index in [4.69, 9.17) is 14.2 Å². The summed E-state index contributed by atoms with van der Waals surface area (Å²) in [7, 11) is 0. The van der Waals surface area contributed by atoms with E-state index in [1.807, 2.05) is 6.07 Å². The molecule has 0 unspecified atom stereocenters. The van der Waals surface area contributed by atoms with Crippen molar-refractivity contribution >= 4 is 0 Å². The standard InChI is InChI=1S/C44H49NO3/c1-35(39-21-11-4-12-22-39)45-29-27-36(28-30-47-44(40-23-13-5-14-24-40)41-25-15-6-16-26-41)31-42(45)43(48-33-38-19-9-3-10-20-38)34-46-32-37-17-7-2-8-18-37/h2-26,35-36,42-44H,27-34H2,1H3/t35-,36+,42+,43+/m0/s1. The molecule has 4 nitrogen and oxygen atoms in total. The van der Waals surface area contributed by atoms with Gasteiger partial charge in [0.2, 0.25) is 0 Å². The lowest BCUT2D eigenvalue weighted by Crippen LogP contribution is -2.52. The molecule has 0 amide bonds. The first-order chi connectivity index (χ1) is 23.7. The van der Waals surface area contributed by atoms with Crippen LogP contribution in [0.4, 0.5) is 0 Å². The van der Waals surface area contributed by atoms with Gasteiger partial charge >= 0.3 is 0 Å². The first kappa shape index (κ1) is 33.8. The Balaban J connectivity index is 1.19. The van der Waals surface area contributed by atoms with E-state index in [2.05, 4.69) is 157 Å². The van der Waals surface area contributed by atoms with Gasteiger partial charge in [0.15, 0.2) is 0 Å². The van der Waals surface area contributed by atoms with Gasteiger partial charge in [-0.2, -0.15) is 0 Å². The molecule has 1 saturated heterocycles. The predicted octanol–water partition coefficient (Wildman–Crippen LogP) is 9.83. The zero-order valence-electron chi connectivity index (χ0n) is 28.1. The molecule has 4 atom stereocenters. The van der Waals surface area contributed by atoms with Gasteiger partial charge in [-0.1, -0.05) is 152 Å². The third kappa shape index (κ3) is 9.52. The molecule has 0 bridgehead atoms. The van der Waals surface area contributed by atoms with Crippen LogP contribution in [-0.2, 0) is 27.4 Å². The molecular weight excluding hydrogens is 590 g/mol. The van der Waals surface area contributed by atoms with E-state index < -0.39 is 0 Å². The molecule has 5 aromatic rings. The van der Waals surface area contributed by atoms with E-state index in [-0.39, 0.29) is 24.3 Å². The lowest BCUT2D eigenvalue weighted by molar-refractivity contribution is -0.0969. The monoisotopic (exact) mass is 639 g/mol. The second-order valence-corrected chi connectivity index (χ2v) is 13.0. The summed E-state index contributed by atoms with van der Waals surface area (Å²) in [4.78, 5) is 2.67. The molecule has 0 aliphatic carbocycles. The van der Waals surface area contributed by atoms with Crippen molar-refractivity contribution < 1.29 is 14.2 Å². The van der Waals surface area contributed by atoms with Gasteiger partial charge in [-0.3, -0.25) is 4.90 Å². The van der Waals surface area contributed by atoms with Crippen LogP contribution >= 0.6 is 0 Å². The molecule has 5 aromatic carbocycles. The minimum Gasteiger partial charge on any atom is -0.374 e. The van der Waals surface area contributed by atoms with Crippen LogP contribution in [0.25, 0.3) is 0 Å². The van der Waals surface area contributed by atoms with Gasteiger partial charge in [-0.15, -0.1) is 0 Å². The Morgan fingerprint density at radius 2 is 1.10 bits per heavy atom. The summed E-state index contributed by atoms with van der Waals surface area (Å²) in [5.74, 6) is 0.526. The average molecular weight is 640 g/mol. The van der Waals surface area contributed by atoms with Crippen molar-refractivity contribution in [2.45, 2.75) is 63.7 Å². The molecule has 248 valence electrons. The smallest absolute Gasteiger partial charge is 0.108 e. The number of piperidine rings is 1.